The number of anilines is 1. The van der Waals surface area contributed by atoms with Crippen LogP contribution in [0.25, 0.3) is 0 Å². The Hall–Kier alpha value is -0.720. The standard InChI is InChI=1S/C26H36F2IN4O2P3/c1-15(17-3-2-4-18(22(17)28)24(36)37)30-23(35)19-14-33(26(7-8-26)25(29)38)21(34)13-20(19)31-16-5-10-32(11-6-16)12-9-27/h2-4,13-16,24-25,31H,5-12,36-38H2,1H3,(H,30,35)/t15-,25?/m1/s1. The van der Waals surface area contributed by atoms with E-state index in [-0.39, 0.29) is 44.6 Å². The molecule has 1 aromatic heterocycles. The minimum Gasteiger partial charge on any atom is -0.381 e. The van der Waals surface area contributed by atoms with Crippen molar-refractivity contribution < 1.29 is 13.6 Å². The number of carbonyl (C=O) groups is 1. The molecule has 1 aromatic carbocycles. The summed E-state index contributed by atoms with van der Waals surface area (Å²) in [6, 6.07) is 6.20. The predicted octanol–water partition coefficient (Wildman–Crippen LogP) is 5.20. The maximum Gasteiger partial charge on any atom is 0.255 e. The molecule has 2 fully saturated rings. The van der Waals surface area contributed by atoms with Crippen molar-refractivity contribution >= 4 is 61.9 Å². The van der Waals surface area contributed by atoms with Crippen molar-refractivity contribution in [1.82, 2.24) is 14.8 Å². The van der Waals surface area contributed by atoms with E-state index in [9.17, 15) is 14.0 Å². The Morgan fingerprint density at radius 2 is 1.87 bits per heavy atom. The molecule has 5 atom stereocenters. The predicted molar refractivity (Wildman–Crippen MR) is 169 cm³/mol. The third kappa shape index (κ3) is 6.60. The molecule has 0 spiro atoms. The lowest BCUT2D eigenvalue weighted by atomic mass is 10.0. The van der Waals surface area contributed by atoms with Crippen LogP contribution in [0.3, 0.4) is 0 Å². The number of nitrogens with zero attached hydrogens (tertiary/aromatic N) is 2. The van der Waals surface area contributed by atoms with Gasteiger partial charge in [-0.15, -0.1) is 27.7 Å². The van der Waals surface area contributed by atoms with E-state index in [1.54, 1.807) is 35.9 Å². The minimum absolute atomic E-state index is 0.0641. The van der Waals surface area contributed by atoms with Gasteiger partial charge in [0, 0.05) is 52.6 Å². The fraction of sp³-hybridized carbons (Fsp3) is 0.538. The molecule has 1 aliphatic heterocycles. The number of hydrogen-bond donors (Lipinski definition) is 2. The Morgan fingerprint density at radius 3 is 2.45 bits per heavy atom. The summed E-state index contributed by atoms with van der Waals surface area (Å²) in [6.45, 7) is 3.33. The van der Waals surface area contributed by atoms with Crippen LogP contribution in [0.1, 0.15) is 65.5 Å². The Balaban J connectivity index is 1.63. The van der Waals surface area contributed by atoms with Crippen molar-refractivity contribution in [2.24, 2.45) is 0 Å². The number of halogens is 3. The van der Waals surface area contributed by atoms with Crippen LogP contribution in [-0.4, -0.2) is 51.4 Å². The highest BCUT2D eigenvalue weighted by atomic mass is 127. The quantitative estimate of drug-likeness (QED) is 0.204. The minimum atomic E-state index is -0.581. The molecular formula is C26H36F2IN4O2P3. The van der Waals surface area contributed by atoms with Crippen molar-refractivity contribution in [2.45, 2.75) is 59.3 Å². The molecule has 208 valence electrons. The Morgan fingerprint density at radius 1 is 1.21 bits per heavy atom. The van der Waals surface area contributed by atoms with Gasteiger partial charge in [0.15, 0.2) is 0 Å². The Labute approximate surface area is 243 Å². The maximum absolute atomic E-state index is 15.2. The Kier molecular flexibility index (Phi) is 10.2. The normalized spacial score (nSPS) is 19.3. The lowest BCUT2D eigenvalue weighted by Gasteiger charge is -2.33. The molecule has 4 rings (SSSR count). The molecule has 12 heteroatoms. The summed E-state index contributed by atoms with van der Waals surface area (Å²) in [5.74, 6) is -0.711. The first-order valence-electron chi connectivity index (χ1n) is 12.9. The zero-order chi connectivity index (χ0) is 27.6. The second-order valence-corrected chi connectivity index (χ2v) is 15.8. The fourth-order valence-electron chi connectivity index (χ4n) is 5.11. The molecule has 6 nitrogen and oxygen atoms in total. The molecule has 2 heterocycles. The fourth-order valence-corrected chi connectivity index (χ4v) is 7.04. The number of nitrogens with one attached hydrogen (secondary N) is 2. The van der Waals surface area contributed by atoms with E-state index >= 15 is 4.39 Å². The van der Waals surface area contributed by atoms with Crippen LogP contribution >= 0.6 is 50.3 Å². The third-order valence-corrected chi connectivity index (χ3v) is 10.1. The van der Waals surface area contributed by atoms with E-state index in [4.69, 9.17) is 0 Å². The van der Waals surface area contributed by atoms with E-state index in [1.165, 1.54) is 6.07 Å². The highest BCUT2D eigenvalue weighted by Crippen LogP contribution is 2.51. The maximum atomic E-state index is 15.2. The van der Waals surface area contributed by atoms with Crippen molar-refractivity contribution in [1.29, 1.82) is 0 Å². The van der Waals surface area contributed by atoms with Gasteiger partial charge in [-0.3, -0.25) is 9.59 Å². The number of carbonyl (C=O) groups excluding carboxylic acids is 1. The molecule has 2 N–H and O–H groups in total. The van der Waals surface area contributed by atoms with Crippen LogP contribution < -0.4 is 16.2 Å². The van der Waals surface area contributed by atoms with E-state index in [0.29, 0.717) is 28.9 Å². The summed E-state index contributed by atoms with van der Waals surface area (Å²) in [7, 11) is 7.91. The average Bonchev–Trinajstić information content (AvgIpc) is 3.67. The number of amides is 1. The van der Waals surface area contributed by atoms with Crippen LogP contribution in [0, 0.1) is 5.82 Å². The zero-order valence-electron chi connectivity index (χ0n) is 21.4. The van der Waals surface area contributed by atoms with Crippen LogP contribution in [0.2, 0.25) is 0 Å². The lowest BCUT2D eigenvalue weighted by Crippen LogP contribution is -2.41. The molecule has 1 amide bonds. The van der Waals surface area contributed by atoms with Gasteiger partial charge in [-0.2, -0.15) is 0 Å². The van der Waals surface area contributed by atoms with Gasteiger partial charge < -0.3 is 20.1 Å². The van der Waals surface area contributed by atoms with Crippen molar-refractivity contribution in [3.63, 3.8) is 0 Å². The van der Waals surface area contributed by atoms with E-state index in [1.807, 2.05) is 0 Å². The summed E-state index contributed by atoms with van der Waals surface area (Å²) in [5.41, 5.74) is 1.31. The van der Waals surface area contributed by atoms with Crippen LogP contribution in [0.15, 0.2) is 35.3 Å². The molecule has 1 saturated carbocycles. The van der Waals surface area contributed by atoms with Gasteiger partial charge in [0.05, 0.1) is 22.8 Å². The molecule has 0 bridgehead atoms. The highest BCUT2D eigenvalue weighted by molar-refractivity contribution is 14.1. The summed E-state index contributed by atoms with van der Waals surface area (Å²) >= 11 is 2.31. The number of rotatable bonds is 10. The smallest absolute Gasteiger partial charge is 0.255 e. The molecule has 2 aromatic rings. The van der Waals surface area contributed by atoms with Gasteiger partial charge in [-0.05, 0) is 38.2 Å². The summed E-state index contributed by atoms with van der Waals surface area (Å²) in [5, 5.41) is 6.25. The number of likely N-dealkylation sites (tertiary alicyclic amines) is 1. The number of pyridine rings is 1. The van der Waals surface area contributed by atoms with Gasteiger partial charge in [0.25, 0.3) is 11.5 Å². The van der Waals surface area contributed by atoms with Crippen LogP contribution in [-0.2, 0) is 5.54 Å². The molecule has 2 aliphatic rings. The van der Waals surface area contributed by atoms with Gasteiger partial charge in [0.2, 0.25) is 0 Å². The first kappa shape index (κ1) is 30.2. The van der Waals surface area contributed by atoms with Crippen molar-refractivity contribution in [3.05, 3.63) is 63.3 Å². The van der Waals surface area contributed by atoms with E-state index < -0.39 is 6.04 Å². The molecule has 4 unspecified atom stereocenters. The third-order valence-electron chi connectivity index (χ3n) is 7.63. The summed E-state index contributed by atoms with van der Waals surface area (Å²) in [4.78, 5) is 29.0. The van der Waals surface area contributed by atoms with E-state index in [2.05, 4.69) is 65.8 Å². The van der Waals surface area contributed by atoms with Gasteiger partial charge >= 0.3 is 0 Å². The van der Waals surface area contributed by atoms with Gasteiger partial charge in [-0.25, -0.2) is 8.78 Å². The SMILES string of the molecule is C[C@@H](NC(=O)c1cn(C2(C(P)I)CC2)c(=O)cc1NC1CCN(CCF)CC1)c1cccc(C(P)P)c1F. The number of alkyl halides is 2. The van der Waals surface area contributed by atoms with Crippen molar-refractivity contribution in [2.75, 3.05) is 31.6 Å². The Bertz CT molecular complexity index is 1220. The average molecular weight is 694 g/mol. The van der Waals surface area contributed by atoms with Crippen molar-refractivity contribution in [3.8, 4) is 0 Å². The topological polar surface area (TPSA) is 66.4 Å². The molecule has 1 saturated heterocycles. The van der Waals surface area contributed by atoms with E-state index in [0.717, 1.165) is 38.8 Å². The molecular weight excluding hydrogens is 658 g/mol. The number of piperidine rings is 1. The first-order valence-corrected chi connectivity index (χ1v) is 16.1. The molecule has 0 radical (unpaired) electrons. The largest absolute Gasteiger partial charge is 0.381 e. The number of aromatic nitrogens is 1. The second-order valence-electron chi connectivity index (χ2n) is 10.2. The first-order chi connectivity index (χ1) is 18.1. The number of benzene rings is 1. The second kappa shape index (κ2) is 12.9. The van der Waals surface area contributed by atoms with Gasteiger partial charge in [-0.1, -0.05) is 40.8 Å². The number of hydrogen-bond acceptors (Lipinski definition) is 4. The molecule has 1 aliphatic carbocycles. The lowest BCUT2D eigenvalue weighted by molar-refractivity contribution is 0.0939. The summed E-state index contributed by atoms with van der Waals surface area (Å²) < 4.78 is 29.8. The van der Waals surface area contributed by atoms with Crippen LogP contribution in [0.5, 0.6) is 0 Å². The molecule has 38 heavy (non-hydrogen) atoms. The highest BCUT2D eigenvalue weighted by Gasteiger charge is 2.49. The monoisotopic (exact) mass is 694 g/mol. The van der Waals surface area contributed by atoms with Gasteiger partial charge in [0.1, 0.15) is 12.5 Å². The zero-order valence-corrected chi connectivity index (χ0v) is 27.1. The summed E-state index contributed by atoms with van der Waals surface area (Å²) in [6.07, 6.45) is 4.97. The van der Waals surface area contributed by atoms with Crippen LogP contribution in [0.4, 0.5) is 14.5 Å².